The van der Waals surface area contributed by atoms with Gasteiger partial charge in [0.2, 0.25) is 11.9 Å². The van der Waals surface area contributed by atoms with Crippen LogP contribution < -0.4 is 15.5 Å². The average molecular weight is 319 g/mol. The Hall–Kier alpha value is -1.85. The quantitative estimate of drug-likeness (QED) is 0.720. The van der Waals surface area contributed by atoms with Crippen molar-refractivity contribution in [2.45, 2.75) is 45.4 Å². The first-order valence-electron chi connectivity index (χ1n) is 8.58. The van der Waals surface area contributed by atoms with Gasteiger partial charge >= 0.3 is 0 Å². The second kappa shape index (κ2) is 8.70. The molecule has 1 heterocycles. The topological polar surface area (TPSA) is 70.2 Å². The number of hydrogen-bond acceptors (Lipinski definition) is 5. The van der Waals surface area contributed by atoms with Crippen molar-refractivity contribution in [3.05, 3.63) is 11.8 Å². The highest BCUT2D eigenvalue weighted by Crippen LogP contribution is 2.28. The van der Waals surface area contributed by atoms with Crippen LogP contribution in [0.25, 0.3) is 0 Å². The predicted octanol–water partition coefficient (Wildman–Crippen LogP) is 2.35. The van der Waals surface area contributed by atoms with Crippen LogP contribution in [0.15, 0.2) is 6.07 Å². The van der Waals surface area contributed by atoms with Crippen molar-refractivity contribution in [2.75, 3.05) is 37.4 Å². The summed E-state index contributed by atoms with van der Waals surface area (Å²) in [4.78, 5) is 22.6. The maximum atomic E-state index is 11.8. The maximum Gasteiger partial charge on any atom is 0.224 e. The lowest BCUT2D eigenvalue weighted by atomic mass is 10.0. The molecule has 1 aliphatic carbocycles. The van der Waals surface area contributed by atoms with Gasteiger partial charge < -0.3 is 15.5 Å². The molecule has 1 amide bonds. The van der Waals surface area contributed by atoms with Gasteiger partial charge in [-0.15, -0.1) is 0 Å². The van der Waals surface area contributed by atoms with E-state index >= 15 is 0 Å². The number of nitrogens with one attached hydrogen (secondary N) is 2. The Morgan fingerprint density at radius 3 is 2.70 bits per heavy atom. The zero-order valence-electron chi connectivity index (χ0n) is 14.6. The normalized spacial score (nSPS) is 14.7. The highest BCUT2D eigenvalue weighted by atomic mass is 16.1. The molecule has 1 fully saturated rings. The number of rotatable bonds is 8. The summed E-state index contributed by atoms with van der Waals surface area (Å²) in [5.41, 5.74) is 0.923. The molecule has 0 unspecified atom stereocenters. The standard InChI is InChI=1S/C17H29N5O/c1-13-12-15(22(2)3)21-17(20-13)19-11-10-18-16(23)9-8-14-6-4-5-7-14/h12,14H,4-11H2,1-3H3,(H,18,23)(H,19,20,21). The predicted molar refractivity (Wildman–Crippen MR) is 93.8 cm³/mol. The van der Waals surface area contributed by atoms with Gasteiger partial charge in [-0.1, -0.05) is 25.7 Å². The van der Waals surface area contributed by atoms with Crippen LogP contribution in [0.1, 0.15) is 44.2 Å². The Morgan fingerprint density at radius 2 is 2.00 bits per heavy atom. The van der Waals surface area contributed by atoms with Crippen LogP contribution in [0.3, 0.4) is 0 Å². The molecule has 0 bridgehead atoms. The van der Waals surface area contributed by atoms with Crippen LogP contribution in [0, 0.1) is 12.8 Å². The Balaban J connectivity index is 1.65. The van der Waals surface area contributed by atoms with E-state index in [-0.39, 0.29) is 5.91 Å². The smallest absolute Gasteiger partial charge is 0.224 e. The van der Waals surface area contributed by atoms with Gasteiger partial charge in [-0.3, -0.25) is 4.79 Å². The summed E-state index contributed by atoms with van der Waals surface area (Å²) in [6.07, 6.45) is 6.95. The lowest BCUT2D eigenvalue weighted by Crippen LogP contribution is -2.29. The van der Waals surface area contributed by atoms with Crippen LogP contribution in [0.4, 0.5) is 11.8 Å². The molecule has 0 aromatic carbocycles. The fourth-order valence-electron chi connectivity index (χ4n) is 2.96. The summed E-state index contributed by atoms with van der Waals surface area (Å²) in [5.74, 6) is 2.40. The van der Waals surface area contributed by atoms with Gasteiger partial charge in [0, 0.05) is 45.4 Å². The molecule has 6 heteroatoms. The van der Waals surface area contributed by atoms with Gasteiger partial charge in [0.1, 0.15) is 5.82 Å². The maximum absolute atomic E-state index is 11.8. The molecule has 0 atom stereocenters. The summed E-state index contributed by atoms with van der Waals surface area (Å²) in [6.45, 7) is 3.17. The second-order valence-electron chi connectivity index (χ2n) is 6.55. The number of hydrogen-bond donors (Lipinski definition) is 2. The van der Waals surface area contributed by atoms with E-state index in [4.69, 9.17) is 0 Å². The Bertz CT molecular complexity index is 512. The van der Waals surface area contributed by atoms with Crippen molar-refractivity contribution in [3.8, 4) is 0 Å². The van der Waals surface area contributed by atoms with Gasteiger partial charge in [-0.2, -0.15) is 4.98 Å². The van der Waals surface area contributed by atoms with Crippen molar-refractivity contribution in [3.63, 3.8) is 0 Å². The molecular weight excluding hydrogens is 290 g/mol. The zero-order valence-corrected chi connectivity index (χ0v) is 14.6. The molecule has 2 N–H and O–H groups in total. The van der Waals surface area contributed by atoms with E-state index in [1.807, 2.05) is 32.0 Å². The molecule has 1 aromatic rings. The molecule has 6 nitrogen and oxygen atoms in total. The number of aryl methyl sites for hydroxylation is 1. The van der Waals surface area contributed by atoms with E-state index in [0.717, 1.165) is 23.9 Å². The highest BCUT2D eigenvalue weighted by molar-refractivity contribution is 5.75. The van der Waals surface area contributed by atoms with Crippen molar-refractivity contribution in [1.82, 2.24) is 15.3 Å². The van der Waals surface area contributed by atoms with Crippen LogP contribution >= 0.6 is 0 Å². The van der Waals surface area contributed by atoms with Crippen molar-refractivity contribution >= 4 is 17.7 Å². The first kappa shape index (κ1) is 17.5. The van der Waals surface area contributed by atoms with Crippen LogP contribution in [-0.2, 0) is 4.79 Å². The number of carbonyl (C=O) groups excluding carboxylic acids is 1. The largest absolute Gasteiger partial charge is 0.363 e. The summed E-state index contributed by atoms with van der Waals surface area (Å²) < 4.78 is 0. The van der Waals surface area contributed by atoms with Crippen molar-refractivity contribution < 1.29 is 4.79 Å². The van der Waals surface area contributed by atoms with E-state index in [1.165, 1.54) is 25.7 Å². The molecule has 2 rings (SSSR count). The Kier molecular flexibility index (Phi) is 6.62. The molecule has 0 radical (unpaired) electrons. The number of anilines is 2. The zero-order chi connectivity index (χ0) is 16.7. The minimum atomic E-state index is 0.151. The molecule has 0 aliphatic heterocycles. The Labute approximate surface area is 139 Å². The third kappa shape index (κ3) is 6.04. The molecule has 128 valence electrons. The molecular formula is C17H29N5O. The lowest BCUT2D eigenvalue weighted by molar-refractivity contribution is -0.121. The van der Waals surface area contributed by atoms with E-state index < -0.39 is 0 Å². The van der Waals surface area contributed by atoms with Gasteiger partial charge in [0.25, 0.3) is 0 Å². The third-order valence-electron chi connectivity index (χ3n) is 4.28. The van der Waals surface area contributed by atoms with Crippen molar-refractivity contribution in [2.24, 2.45) is 5.92 Å². The fourth-order valence-corrected chi connectivity index (χ4v) is 2.96. The summed E-state index contributed by atoms with van der Waals surface area (Å²) in [6, 6.07) is 1.94. The fraction of sp³-hybridized carbons (Fsp3) is 0.706. The molecule has 23 heavy (non-hydrogen) atoms. The van der Waals surface area contributed by atoms with Crippen LogP contribution in [0.2, 0.25) is 0 Å². The molecule has 0 spiro atoms. The number of nitrogens with zero attached hydrogens (tertiary/aromatic N) is 3. The third-order valence-corrected chi connectivity index (χ3v) is 4.28. The number of carbonyl (C=O) groups is 1. The van der Waals surface area contributed by atoms with Crippen molar-refractivity contribution in [1.29, 1.82) is 0 Å². The van der Waals surface area contributed by atoms with E-state index in [2.05, 4.69) is 20.6 Å². The van der Waals surface area contributed by atoms with Crippen LogP contribution in [0.5, 0.6) is 0 Å². The minimum Gasteiger partial charge on any atom is -0.363 e. The number of aromatic nitrogens is 2. The van der Waals surface area contributed by atoms with Gasteiger partial charge in [0.15, 0.2) is 0 Å². The first-order valence-corrected chi connectivity index (χ1v) is 8.58. The lowest BCUT2D eigenvalue weighted by Gasteiger charge is -2.14. The molecule has 0 saturated heterocycles. The first-order chi connectivity index (χ1) is 11.0. The second-order valence-corrected chi connectivity index (χ2v) is 6.55. The van der Waals surface area contributed by atoms with Crippen LogP contribution in [-0.4, -0.2) is 43.1 Å². The monoisotopic (exact) mass is 319 g/mol. The minimum absolute atomic E-state index is 0.151. The van der Waals surface area contributed by atoms with E-state index in [0.29, 0.717) is 25.5 Å². The molecule has 1 aromatic heterocycles. The molecule has 1 saturated carbocycles. The number of amides is 1. The summed E-state index contributed by atoms with van der Waals surface area (Å²) in [5, 5.41) is 6.13. The summed E-state index contributed by atoms with van der Waals surface area (Å²) in [7, 11) is 3.91. The Morgan fingerprint density at radius 1 is 1.26 bits per heavy atom. The van der Waals surface area contributed by atoms with Gasteiger partial charge in [-0.05, 0) is 19.3 Å². The SMILES string of the molecule is Cc1cc(N(C)C)nc(NCCNC(=O)CCC2CCCC2)n1. The van der Waals surface area contributed by atoms with E-state index in [9.17, 15) is 4.79 Å². The van der Waals surface area contributed by atoms with E-state index in [1.54, 1.807) is 0 Å². The van der Waals surface area contributed by atoms with Gasteiger partial charge in [-0.25, -0.2) is 4.98 Å². The summed E-state index contributed by atoms with van der Waals surface area (Å²) >= 11 is 0. The average Bonchev–Trinajstić information content (AvgIpc) is 3.02. The molecule has 1 aliphatic rings. The van der Waals surface area contributed by atoms with Gasteiger partial charge in [0.05, 0.1) is 0 Å². The highest BCUT2D eigenvalue weighted by Gasteiger charge is 2.15.